The Hall–Kier alpha value is -1.76. The van der Waals surface area contributed by atoms with Gasteiger partial charge in [0.25, 0.3) is 5.69 Å². The first-order chi connectivity index (χ1) is 9.41. The van der Waals surface area contributed by atoms with Crippen LogP contribution in [0.2, 0.25) is 0 Å². The third-order valence-corrected chi connectivity index (χ3v) is 3.66. The van der Waals surface area contributed by atoms with Crippen molar-refractivity contribution < 1.29 is 13.7 Å². The van der Waals surface area contributed by atoms with Gasteiger partial charge in [0.2, 0.25) is 0 Å². The highest BCUT2D eigenvalue weighted by atomic mass is 19.2. The average molecular weight is 285 g/mol. The number of nitrogens with zero attached hydrogens (tertiary/aromatic N) is 2. The largest absolute Gasteiger partial charge is 0.375 e. The maximum Gasteiger partial charge on any atom is 0.295 e. The molecule has 1 N–H and O–H groups in total. The molecule has 0 saturated heterocycles. The fourth-order valence-electron chi connectivity index (χ4n) is 2.10. The van der Waals surface area contributed by atoms with E-state index in [1.54, 1.807) is 0 Å². The van der Waals surface area contributed by atoms with Gasteiger partial charge in [0.1, 0.15) is 0 Å². The molecule has 1 aliphatic rings. The first kappa shape index (κ1) is 14.6. The summed E-state index contributed by atoms with van der Waals surface area (Å²) in [5.41, 5.74) is -0.837. The quantitative estimate of drug-likeness (QED) is 0.645. The zero-order chi connectivity index (χ0) is 14.9. The van der Waals surface area contributed by atoms with Crippen LogP contribution >= 0.6 is 0 Å². The number of nitro benzene ring substituents is 1. The van der Waals surface area contributed by atoms with Gasteiger partial charge in [-0.15, -0.1) is 0 Å². The molecule has 5 nitrogen and oxygen atoms in total. The Morgan fingerprint density at radius 3 is 2.70 bits per heavy atom. The van der Waals surface area contributed by atoms with Crippen molar-refractivity contribution in [2.75, 3.05) is 18.9 Å². The second-order valence-corrected chi connectivity index (χ2v) is 5.14. The molecule has 1 unspecified atom stereocenters. The van der Waals surface area contributed by atoms with Gasteiger partial charge < -0.3 is 5.32 Å². The van der Waals surface area contributed by atoms with E-state index in [9.17, 15) is 18.9 Å². The van der Waals surface area contributed by atoms with Crippen molar-refractivity contribution >= 4 is 11.4 Å². The van der Waals surface area contributed by atoms with E-state index in [1.165, 1.54) is 0 Å². The van der Waals surface area contributed by atoms with E-state index in [2.05, 4.69) is 10.2 Å². The molecule has 1 fully saturated rings. The van der Waals surface area contributed by atoms with E-state index in [0.717, 1.165) is 25.0 Å². The molecule has 0 heterocycles. The zero-order valence-corrected chi connectivity index (χ0v) is 11.4. The summed E-state index contributed by atoms with van der Waals surface area (Å²) in [6, 6.07) is 2.33. The average Bonchev–Trinajstić information content (AvgIpc) is 3.23. The molecule has 0 spiro atoms. The van der Waals surface area contributed by atoms with Gasteiger partial charge in [-0.3, -0.25) is 15.0 Å². The molecule has 1 atom stereocenters. The number of hydrogen-bond acceptors (Lipinski definition) is 4. The van der Waals surface area contributed by atoms with Gasteiger partial charge in [0, 0.05) is 24.7 Å². The third kappa shape index (κ3) is 3.04. The second-order valence-electron chi connectivity index (χ2n) is 5.14. The molecule has 7 heteroatoms. The van der Waals surface area contributed by atoms with Gasteiger partial charge >= 0.3 is 0 Å². The maximum absolute atomic E-state index is 13.7. The highest BCUT2D eigenvalue weighted by molar-refractivity contribution is 5.62. The number of anilines is 1. The molecule has 0 amide bonds. The smallest absolute Gasteiger partial charge is 0.295 e. The second kappa shape index (κ2) is 5.70. The lowest BCUT2D eigenvalue weighted by molar-refractivity contribution is -0.384. The molecule has 1 aromatic carbocycles. The highest BCUT2D eigenvalue weighted by Crippen LogP contribution is 2.30. The normalized spacial score (nSPS) is 16.2. The lowest BCUT2D eigenvalue weighted by atomic mass is 10.2. The van der Waals surface area contributed by atoms with Crippen LogP contribution in [0.25, 0.3) is 0 Å². The Labute approximate surface area is 115 Å². The monoisotopic (exact) mass is 285 g/mol. The van der Waals surface area contributed by atoms with Crippen LogP contribution in [0.4, 0.5) is 20.2 Å². The van der Waals surface area contributed by atoms with Crippen LogP contribution in [-0.2, 0) is 0 Å². The predicted octanol–water partition coefficient (Wildman–Crippen LogP) is 2.77. The standard InChI is InChI=1S/C13H17F2N3O2/c1-8(17(2)9-3-4-9)7-16-13-11(18(19)20)6-5-10(14)12(13)15/h5-6,8-9,16H,3-4,7H2,1-2H3. The molecule has 1 aromatic rings. The Bertz CT molecular complexity index is 521. The van der Waals surface area contributed by atoms with Crippen LogP contribution in [0.1, 0.15) is 19.8 Å². The Kier molecular flexibility index (Phi) is 4.17. The number of likely N-dealkylation sites (N-methyl/N-ethyl adjacent to an activating group) is 1. The SMILES string of the molecule is CC(CNc1c([N+](=O)[O-])ccc(F)c1F)N(C)C1CC1. The lowest BCUT2D eigenvalue weighted by Crippen LogP contribution is -2.36. The molecule has 20 heavy (non-hydrogen) atoms. The number of nitro groups is 1. The lowest BCUT2D eigenvalue weighted by Gasteiger charge is -2.25. The number of benzene rings is 1. The van der Waals surface area contributed by atoms with Crippen molar-refractivity contribution in [2.45, 2.75) is 31.8 Å². The van der Waals surface area contributed by atoms with Gasteiger partial charge in [0.05, 0.1) is 4.92 Å². The summed E-state index contributed by atoms with van der Waals surface area (Å²) < 4.78 is 26.9. The molecule has 2 rings (SSSR count). The van der Waals surface area contributed by atoms with Crippen LogP contribution in [0.3, 0.4) is 0 Å². The van der Waals surface area contributed by atoms with Crippen LogP contribution in [0.15, 0.2) is 12.1 Å². The Morgan fingerprint density at radius 2 is 2.15 bits per heavy atom. The molecule has 110 valence electrons. The minimum absolute atomic E-state index is 0.0739. The first-order valence-electron chi connectivity index (χ1n) is 6.50. The van der Waals surface area contributed by atoms with E-state index in [4.69, 9.17) is 0 Å². The topological polar surface area (TPSA) is 58.4 Å². The predicted molar refractivity (Wildman–Crippen MR) is 71.7 cm³/mol. The minimum atomic E-state index is -1.21. The van der Waals surface area contributed by atoms with Gasteiger partial charge in [-0.2, -0.15) is 0 Å². The summed E-state index contributed by atoms with van der Waals surface area (Å²) in [5.74, 6) is -2.30. The number of hydrogen-bond donors (Lipinski definition) is 1. The van der Waals surface area contributed by atoms with Crippen LogP contribution in [0, 0.1) is 21.7 Å². The summed E-state index contributed by atoms with van der Waals surface area (Å²) in [6.07, 6.45) is 2.27. The van der Waals surface area contributed by atoms with E-state index in [1.807, 2.05) is 14.0 Å². The van der Waals surface area contributed by atoms with E-state index < -0.39 is 22.2 Å². The maximum atomic E-state index is 13.7. The summed E-state index contributed by atoms with van der Waals surface area (Å²) >= 11 is 0. The highest BCUT2D eigenvalue weighted by Gasteiger charge is 2.29. The molecule has 0 bridgehead atoms. The Morgan fingerprint density at radius 1 is 1.50 bits per heavy atom. The number of rotatable bonds is 6. The van der Waals surface area contributed by atoms with Crippen molar-refractivity contribution in [1.82, 2.24) is 4.90 Å². The van der Waals surface area contributed by atoms with Crippen molar-refractivity contribution in [3.63, 3.8) is 0 Å². The van der Waals surface area contributed by atoms with Crippen LogP contribution < -0.4 is 5.32 Å². The molecular formula is C13H17F2N3O2. The molecule has 1 saturated carbocycles. The molecule has 0 aromatic heterocycles. The van der Waals surface area contributed by atoms with Gasteiger partial charge in [-0.1, -0.05) is 0 Å². The van der Waals surface area contributed by atoms with E-state index in [0.29, 0.717) is 12.6 Å². The first-order valence-corrected chi connectivity index (χ1v) is 6.50. The van der Waals surface area contributed by atoms with Gasteiger partial charge in [-0.25, -0.2) is 8.78 Å². The van der Waals surface area contributed by atoms with Crippen LogP contribution in [0.5, 0.6) is 0 Å². The fraction of sp³-hybridized carbons (Fsp3) is 0.538. The number of nitrogens with one attached hydrogen (secondary N) is 1. The molecule has 0 radical (unpaired) electrons. The summed E-state index contributed by atoms with van der Waals surface area (Å²) in [6.45, 7) is 2.25. The Balaban J connectivity index is 2.11. The van der Waals surface area contributed by atoms with Gasteiger partial charge in [-0.05, 0) is 32.9 Å². The third-order valence-electron chi connectivity index (χ3n) is 3.66. The van der Waals surface area contributed by atoms with Crippen LogP contribution in [-0.4, -0.2) is 35.5 Å². The minimum Gasteiger partial charge on any atom is -0.375 e. The fourth-order valence-corrected chi connectivity index (χ4v) is 2.10. The van der Waals surface area contributed by atoms with Crippen molar-refractivity contribution in [3.8, 4) is 0 Å². The molecular weight excluding hydrogens is 268 g/mol. The van der Waals surface area contributed by atoms with Gasteiger partial charge in [0.15, 0.2) is 17.3 Å². The van der Waals surface area contributed by atoms with E-state index in [-0.39, 0.29) is 11.7 Å². The zero-order valence-electron chi connectivity index (χ0n) is 11.4. The summed E-state index contributed by atoms with van der Waals surface area (Å²) in [7, 11) is 1.96. The molecule has 0 aliphatic heterocycles. The van der Waals surface area contributed by atoms with Crippen molar-refractivity contribution in [2.24, 2.45) is 0 Å². The molecule has 1 aliphatic carbocycles. The summed E-state index contributed by atoms with van der Waals surface area (Å²) in [4.78, 5) is 12.3. The summed E-state index contributed by atoms with van der Waals surface area (Å²) in [5, 5.41) is 13.5. The van der Waals surface area contributed by atoms with Crippen molar-refractivity contribution in [1.29, 1.82) is 0 Å². The van der Waals surface area contributed by atoms with E-state index >= 15 is 0 Å². The van der Waals surface area contributed by atoms with Crippen molar-refractivity contribution in [3.05, 3.63) is 33.9 Å². The number of halogens is 2.